The Labute approximate surface area is 237 Å². The minimum atomic E-state index is -0.368. The predicted molar refractivity (Wildman–Crippen MR) is 157 cm³/mol. The highest BCUT2D eigenvalue weighted by Gasteiger charge is 2.20. The Morgan fingerprint density at radius 1 is 0.550 bits per heavy atom. The smallest absolute Gasteiger partial charge is 0.235 e. The molecule has 0 saturated heterocycles. The van der Waals surface area contributed by atoms with Crippen LogP contribution >= 0.6 is 23.2 Å². The van der Waals surface area contributed by atoms with E-state index in [0.29, 0.717) is 43.1 Å². The summed E-state index contributed by atoms with van der Waals surface area (Å²) in [7, 11) is 0. The molecule has 0 fully saturated rings. The summed E-state index contributed by atoms with van der Waals surface area (Å²) >= 11 is 12.3. The first kappa shape index (κ1) is 25.7. The molecule has 6 nitrogen and oxygen atoms in total. The van der Waals surface area contributed by atoms with Crippen LogP contribution in [0, 0.1) is 0 Å². The molecule has 0 bridgehead atoms. The largest absolute Gasteiger partial charge is 0.483 e. The fourth-order valence-corrected chi connectivity index (χ4v) is 4.75. The summed E-state index contributed by atoms with van der Waals surface area (Å²) in [6.07, 6.45) is 0. The summed E-state index contributed by atoms with van der Waals surface area (Å²) in [6, 6.07) is 28.0. The molecular weight excluding hydrogens is 551 g/mol. The van der Waals surface area contributed by atoms with Crippen molar-refractivity contribution in [3.8, 4) is 34.1 Å². The van der Waals surface area contributed by atoms with E-state index in [2.05, 4.69) is 0 Å². The summed E-state index contributed by atoms with van der Waals surface area (Å²) in [5, 5.41) is 1.39. The van der Waals surface area contributed by atoms with Gasteiger partial charge in [-0.25, -0.2) is 0 Å². The first-order valence-corrected chi connectivity index (χ1v) is 13.1. The third-order valence-corrected chi connectivity index (χ3v) is 6.74. The number of hydrogen-bond acceptors (Lipinski definition) is 6. The molecule has 0 saturated carbocycles. The van der Waals surface area contributed by atoms with E-state index in [0.717, 1.165) is 0 Å². The summed E-state index contributed by atoms with van der Waals surface area (Å²) < 4.78 is 24.1. The van der Waals surface area contributed by atoms with E-state index in [1.54, 1.807) is 36.4 Å². The normalized spacial score (nSPS) is 11.2. The van der Waals surface area contributed by atoms with Crippen molar-refractivity contribution in [3.05, 3.63) is 128 Å². The van der Waals surface area contributed by atoms with E-state index in [-0.39, 0.29) is 47.1 Å². The van der Waals surface area contributed by atoms with Crippen LogP contribution in [-0.4, -0.2) is 13.2 Å². The van der Waals surface area contributed by atoms with Gasteiger partial charge < -0.3 is 18.3 Å². The lowest BCUT2D eigenvalue weighted by Crippen LogP contribution is -2.18. The van der Waals surface area contributed by atoms with Gasteiger partial charge in [-0.2, -0.15) is 0 Å². The average Bonchev–Trinajstić information content (AvgIpc) is 2.98. The maximum absolute atomic E-state index is 13.4. The van der Waals surface area contributed by atoms with Crippen molar-refractivity contribution >= 4 is 45.1 Å². The third-order valence-electron chi connectivity index (χ3n) is 6.27. The summed E-state index contributed by atoms with van der Waals surface area (Å²) in [5.74, 6) is 0.603. The van der Waals surface area contributed by atoms with Gasteiger partial charge in [0.05, 0.1) is 10.8 Å². The molecule has 0 unspecified atom stereocenters. The summed E-state index contributed by atoms with van der Waals surface area (Å²) in [5.41, 5.74) is 1.38. The topological polar surface area (TPSA) is 78.9 Å². The molecule has 6 aromatic rings. The van der Waals surface area contributed by atoms with Crippen molar-refractivity contribution in [2.75, 3.05) is 13.2 Å². The minimum absolute atomic E-state index is 0.0187. The molecule has 8 heteroatoms. The summed E-state index contributed by atoms with van der Waals surface area (Å²) in [4.78, 5) is 26.9. The highest BCUT2D eigenvalue weighted by molar-refractivity contribution is 6.31. The molecule has 40 heavy (non-hydrogen) atoms. The molecule has 0 N–H and O–H groups in total. The highest BCUT2D eigenvalue weighted by Crippen LogP contribution is 2.33. The van der Waals surface area contributed by atoms with E-state index in [4.69, 9.17) is 41.5 Å². The zero-order chi connectivity index (χ0) is 27.6. The van der Waals surface area contributed by atoms with E-state index in [1.807, 2.05) is 60.7 Å². The number of rotatable bonds is 7. The van der Waals surface area contributed by atoms with E-state index < -0.39 is 0 Å². The van der Waals surface area contributed by atoms with E-state index in [9.17, 15) is 9.59 Å². The molecule has 4 aromatic carbocycles. The molecule has 0 atom stereocenters. The molecule has 0 aliphatic heterocycles. The van der Waals surface area contributed by atoms with E-state index >= 15 is 0 Å². The van der Waals surface area contributed by atoms with Gasteiger partial charge in [0, 0.05) is 21.2 Å². The van der Waals surface area contributed by atoms with Crippen LogP contribution in [0.5, 0.6) is 11.5 Å². The molecule has 0 radical (unpaired) electrons. The Kier molecular flexibility index (Phi) is 7.03. The number of halogens is 2. The second-order valence-electron chi connectivity index (χ2n) is 8.89. The Morgan fingerprint density at radius 3 is 1.35 bits per heavy atom. The minimum Gasteiger partial charge on any atom is -0.483 e. The van der Waals surface area contributed by atoms with E-state index in [1.165, 1.54) is 0 Å². The van der Waals surface area contributed by atoms with Crippen LogP contribution in [0.3, 0.4) is 0 Å². The number of fused-ring (bicyclic) bond motifs is 2. The standard InChI is InChI=1S/C32H20Cl2O6/c33-21-11-13-25-23(17-21)27(35)31(29(39-25)19-7-3-1-4-8-19)37-15-16-38-32-28(36)24-18-22(34)12-14-26(24)40-30(32)20-9-5-2-6-10-20/h1-14,17-18H,15-16H2. The molecule has 0 amide bonds. The highest BCUT2D eigenvalue weighted by atomic mass is 35.5. The van der Waals surface area contributed by atoms with Crippen molar-refractivity contribution in [1.29, 1.82) is 0 Å². The van der Waals surface area contributed by atoms with Gasteiger partial charge >= 0.3 is 0 Å². The van der Waals surface area contributed by atoms with Crippen molar-refractivity contribution in [2.24, 2.45) is 0 Å². The Bertz CT molecular complexity index is 1820. The fraction of sp³-hybridized carbons (Fsp3) is 0.0625. The van der Waals surface area contributed by atoms with Crippen molar-refractivity contribution in [1.82, 2.24) is 0 Å². The second kappa shape index (κ2) is 10.9. The van der Waals surface area contributed by atoms with Gasteiger partial charge in [-0.1, -0.05) is 83.9 Å². The Hall–Kier alpha value is -4.52. The lowest BCUT2D eigenvalue weighted by Gasteiger charge is -2.14. The van der Waals surface area contributed by atoms with Gasteiger partial charge in [0.25, 0.3) is 0 Å². The maximum Gasteiger partial charge on any atom is 0.235 e. The van der Waals surface area contributed by atoms with Gasteiger partial charge in [0.15, 0.2) is 11.5 Å². The Balaban J connectivity index is 1.34. The van der Waals surface area contributed by atoms with Crippen molar-refractivity contribution < 1.29 is 18.3 Å². The predicted octanol–water partition coefficient (Wildman–Crippen LogP) is 8.00. The van der Waals surface area contributed by atoms with Gasteiger partial charge in [-0.05, 0) is 36.4 Å². The van der Waals surface area contributed by atoms with Crippen LogP contribution in [-0.2, 0) is 0 Å². The van der Waals surface area contributed by atoms with Crippen LogP contribution in [0.2, 0.25) is 10.0 Å². The molecule has 2 aromatic heterocycles. The zero-order valence-electron chi connectivity index (χ0n) is 20.9. The van der Waals surface area contributed by atoms with Crippen LogP contribution in [0.15, 0.2) is 115 Å². The number of benzene rings is 4. The second-order valence-corrected chi connectivity index (χ2v) is 9.76. The number of ether oxygens (including phenoxy) is 2. The van der Waals surface area contributed by atoms with Crippen LogP contribution in [0.1, 0.15) is 0 Å². The Morgan fingerprint density at radius 2 is 0.950 bits per heavy atom. The van der Waals surface area contributed by atoms with Crippen molar-refractivity contribution in [3.63, 3.8) is 0 Å². The molecule has 2 heterocycles. The van der Waals surface area contributed by atoms with Crippen LogP contribution in [0.25, 0.3) is 44.6 Å². The number of hydrogen-bond donors (Lipinski definition) is 0. The lowest BCUT2D eigenvalue weighted by molar-refractivity contribution is 0.211. The molecular formula is C32H20Cl2O6. The third kappa shape index (κ3) is 4.95. The van der Waals surface area contributed by atoms with Crippen molar-refractivity contribution in [2.45, 2.75) is 0 Å². The first-order chi connectivity index (χ1) is 19.5. The molecule has 0 aliphatic carbocycles. The van der Waals surface area contributed by atoms with Gasteiger partial charge in [0.1, 0.15) is 24.4 Å². The molecule has 198 valence electrons. The van der Waals surface area contributed by atoms with Gasteiger partial charge in [0.2, 0.25) is 22.4 Å². The molecule has 6 rings (SSSR count). The summed E-state index contributed by atoms with van der Waals surface area (Å²) in [6.45, 7) is -0.115. The van der Waals surface area contributed by atoms with Gasteiger partial charge in [-0.3, -0.25) is 9.59 Å². The zero-order valence-corrected chi connectivity index (χ0v) is 22.4. The molecule has 0 spiro atoms. The van der Waals surface area contributed by atoms with Crippen LogP contribution < -0.4 is 20.3 Å². The van der Waals surface area contributed by atoms with Gasteiger partial charge in [-0.15, -0.1) is 0 Å². The monoisotopic (exact) mass is 570 g/mol. The molecule has 0 aliphatic rings. The lowest BCUT2D eigenvalue weighted by atomic mass is 10.1. The SMILES string of the molecule is O=c1c(OCCOc2c(-c3ccccc3)oc3ccc(Cl)cc3c2=O)c(-c2ccccc2)oc2ccc(Cl)cc12. The maximum atomic E-state index is 13.4. The fourth-order valence-electron chi connectivity index (χ4n) is 4.41. The van der Waals surface area contributed by atoms with Crippen LogP contribution in [0.4, 0.5) is 0 Å². The average molecular weight is 571 g/mol. The quantitative estimate of drug-likeness (QED) is 0.181. The first-order valence-electron chi connectivity index (χ1n) is 12.4.